The van der Waals surface area contributed by atoms with E-state index in [1.165, 1.54) is 30.3 Å². The number of carbonyl (C=O) groups excluding carboxylic acids is 1. The molecule has 3 aromatic carbocycles. The van der Waals surface area contributed by atoms with Gasteiger partial charge >= 0.3 is 12.5 Å². The summed E-state index contributed by atoms with van der Waals surface area (Å²) in [4.78, 5) is 29.3. The number of alkyl halides is 6. The second-order valence-electron chi connectivity index (χ2n) is 9.40. The second kappa shape index (κ2) is 15.0. The van der Waals surface area contributed by atoms with Gasteiger partial charge in [-0.05, 0) is 67.4 Å². The highest BCUT2D eigenvalue weighted by Gasteiger charge is 2.31. The largest absolute Gasteiger partial charge is 0.573 e. The predicted molar refractivity (Wildman–Crippen MR) is 161 cm³/mol. The molecule has 0 unspecified atom stereocenters. The Morgan fingerprint density at radius 1 is 0.867 bits per heavy atom. The van der Waals surface area contributed by atoms with Gasteiger partial charge in [0.1, 0.15) is 17.1 Å². The lowest BCUT2D eigenvalue weighted by Crippen LogP contribution is -2.25. The summed E-state index contributed by atoms with van der Waals surface area (Å²) in [7, 11) is 0. The Labute approximate surface area is 260 Å². The molecule has 0 saturated heterocycles. The van der Waals surface area contributed by atoms with E-state index in [-0.39, 0.29) is 46.3 Å². The van der Waals surface area contributed by atoms with Gasteiger partial charge in [-0.25, -0.2) is 0 Å². The first-order chi connectivity index (χ1) is 21.2. The zero-order valence-corrected chi connectivity index (χ0v) is 25.1. The van der Waals surface area contributed by atoms with Crippen LogP contribution in [0, 0.1) is 6.92 Å². The standard InChI is InChI=1S/C30H23ClF6N2O4.C2H6/c1-17-3-5-18(6-4-17)23-16-25(22-12-11-21(15-24(22)31)42-14-2-13-29(32,33)34)39-28(41)26(23)27(40)38-19-7-9-20(10-8-19)43-30(35,36)37;1-2/h3-12,15-16H,2,13-14H2,1H3,(H,38,40)(H,39,41);1-2H3. The molecule has 1 amide bonds. The van der Waals surface area contributed by atoms with Gasteiger partial charge in [0.05, 0.1) is 17.3 Å². The third-order valence-electron chi connectivity index (χ3n) is 6.07. The summed E-state index contributed by atoms with van der Waals surface area (Å²) in [6, 6.07) is 17.4. The summed E-state index contributed by atoms with van der Waals surface area (Å²) in [5, 5.41) is 2.65. The average Bonchev–Trinajstić information content (AvgIpc) is 2.96. The van der Waals surface area contributed by atoms with Crippen LogP contribution in [0.25, 0.3) is 22.4 Å². The summed E-state index contributed by atoms with van der Waals surface area (Å²) in [5.74, 6) is -1.07. The van der Waals surface area contributed by atoms with Gasteiger partial charge in [0, 0.05) is 23.2 Å². The smallest absolute Gasteiger partial charge is 0.494 e. The lowest BCUT2D eigenvalue weighted by molar-refractivity contribution is -0.274. The number of anilines is 1. The number of ether oxygens (including phenoxy) is 2. The molecule has 0 saturated carbocycles. The molecule has 1 aromatic heterocycles. The third kappa shape index (κ3) is 10.3. The maximum absolute atomic E-state index is 13.3. The van der Waals surface area contributed by atoms with E-state index >= 15 is 0 Å². The summed E-state index contributed by atoms with van der Waals surface area (Å²) in [6.45, 7) is 5.69. The topological polar surface area (TPSA) is 80.4 Å². The van der Waals surface area contributed by atoms with Crippen LogP contribution in [0.1, 0.15) is 42.6 Å². The molecule has 0 bridgehead atoms. The summed E-state index contributed by atoms with van der Waals surface area (Å²) in [6.07, 6.45) is -10.4. The minimum absolute atomic E-state index is 0.117. The minimum Gasteiger partial charge on any atom is -0.494 e. The van der Waals surface area contributed by atoms with Gasteiger partial charge in [-0.15, -0.1) is 13.2 Å². The van der Waals surface area contributed by atoms with Crippen molar-refractivity contribution in [1.29, 1.82) is 0 Å². The van der Waals surface area contributed by atoms with Crippen molar-refractivity contribution in [2.24, 2.45) is 0 Å². The molecule has 45 heavy (non-hydrogen) atoms. The first kappa shape index (κ1) is 35.0. The average molecular weight is 655 g/mol. The molecule has 0 aliphatic heterocycles. The molecule has 0 radical (unpaired) electrons. The monoisotopic (exact) mass is 654 g/mol. The first-order valence-electron chi connectivity index (χ1n) is 13.7. The van der Waals surface area contributed by atoms with Crippen molar-refractivity contribution < 1.29 is 40.6 Å². The Morgan fingerprint density at radius 2 is 1.49 bits per heavy atom. The zero-order chi connectivity index (χ0) is 33.4. The van der Waals surface area contributed by atoms with Crippen molar-refractivity contribution in [2.75, 3.05) is 11.9 Å². The molecule has 4 rings (SSSR count). The Bertz CT molecular complexity index is 1650. The summed E-state index contributed by atoms with van der Waals surface area (Å²) in [5.41, 5.74) is 1.40. The Morgan fingerprint density at radius 3 is 2.07 bits per heavy atom. The van der Waals surface area contributed by atoms with Crippen LogP contribution in [0.3, 0.4) is 0 Å². The lowest BCUT2D eigenvalue weighted by atomic mass is 9.97. The van der Waals surface area contributed by atoms with Crippen molar-refractivity contribution in [3.8, 4) is 33.9 Å². The van der Waals surface area contributed by atoms with Crippen LogP contribution in [0.2, 0.25) is 5.02 Å². The van der Waals surface area contributed by atoms with Crippen LogP contribution in [0.15, 0.2) is 77.6 Å². The van der Waals surface area contributed by atoms with E-state index in [9.17, 15) is 35.9 Å². The van der Waals surface area contributed by atoms with Gasteiger partial charge in [0.25, 0.3) is 11.5 Å². The number of carbonyl (C=O) groups is 1. The SMILES string of the molecule is CC.Cc1ccc(-c2cc(-c3ccc(OCCCC(F)(F)F)cc3Cl)[nH]c(=O)c2C(=O)Nc2ccc(OC(F)(F)F)cc2)cc1. The lowest BCUT2D eigenvalue weighted by Gasteiger charge is -2.14. The van der Waals surface area contributed by atoms with Crippen molar-refractivity contribution in [3.05, 3.63) is 99.3 Å². The van der Waals surface area contributed by atoms with E-state index in [0.717, 1.165) is 17.7 Å². The zero-order valence-electron chi connectivity index (χ0n) is 24.3. The van der Waals surface area contributed by atoms with Crippen LogP contribution in [-0.2, 0) is 0 Å². The predicted octanol–water partition coefficient (Wildman–Crippen LogP) is 9.57. The van der Waals surface area contributed by atoms with E-state index in [1.54, 1.807) is 30.3 Å². The molecule has 2 N–H and O–H groups in total. The number of halogens is 7. The van der Waals surface area contributed by atoms with Crippen molar-refractivity contribution in [2.45, 2.75) is 46.2 Å². The number of hydrogen-bond donors (Lipinski definition) is 2. The Hall–Kier alpha value is -4.45. The van der Waals surface area contributed by atoms with Gasteiger partial charge in [-0.2, -0.15) is 13.2 Å². The van der Waals surface area contributed by atoms with Crippen molar-refractivity contribution >= 4 is 23.2 Å². The van der Waals surface area contributed by atoms with E-state index in [2.05, 4.69) is 15.0 Å². The van der Waals surface area contributed by atoms with Crippen molar-refractivity contribution in [1.82, 2.24) is 4.98 Å². The van der Waals surface area contributed by atoms with Crippen LogP contribution in [-0.4, -0.2) is 30.0 Å². The molecule has 13 heteroatoms. The molecular weight excluding hydrogens is 626 g/mol. The van der Waals surface area contributed by atoms with Gasteiger partial charge < -0.3 is 19.8 Å². The number of benzene rings is 3. The minimum atomic E-state index is -4.88. The Balaban J connectivity index is 0.00000271. The maximum Gasteiger partial charge on any atom is 0.573 e. The molecule has 4 aromatic rings. The number of hydrogen-bond acceptors (Lipinski definition) is 4. The Kier molecular flexibility index (Phi) is 11.7. The second-order valence-corrected chi connectivity index (χ2v) is 9.81. The number of pyridine rings is 1. The van der Waals surface area contributed by atoms with E-state index in [0.29, 0.717) is 11.1 Å². The van der Waals surface area contributed by atoms with Gasteiger partial charge in [-0.1, -0.05) is 55.3 Å². The fraction of sp³-hybridized carbons (Fsp3) is 0.250. The number of aryl methyl sites for hydroxylation is 1. The normalized spacial score (nSPS) is 11.3. The highest BCUT2D eigenvalue weighted by Crippen LogP contribution is 2.33. The quantitative estimate of drug-likeness (QED) is 0.139. The van der Waals surface area contributed by atoms with E-state index in [1.807, 2.05) is 20.8 Å². The molecule has 240 valence electrons. The molecule has 0 aliphatic rings. The van der Waals surface area contributed by atoms with Crippen LogP contribution in [0.4, 0.5) is 32.0 Å². The number of aromatic amines is 1. The molecule has 0 fully saturated rings. The number of aromatic nitrogens is 1. The van der Waals surface area contributed by atoms with Crippen LogP contribution in [0.5, 0.6) is 11.5 Å². The molecule has 0 aliphatic carbocycles. The van der Waals surface area contributed by atoms with Crippen molar-refractivity contribution in [3.63, 3.8) is 0 Å². The molecule has 0 spiro atoms. The molecule has 6 nitrogen and oxygen atoms in total. The number of amides is 1. The molecule has 0 atom stereocenters. The number of nitrogens with one attached hydrogen (secondary N) is 2. The highest BCUT2D eigenvalue weighted by molar-refractivity contribution is 6.33. The van der Waals surface area contributed by atoms with Crippen LogP contribution >= 0.6 is 11.6 Å². The fourth-order valence-corrected chi connectivity index (χ4v) is 4.36. The van der Waals surface area contributed by atoms with Gasteiger partial charge in [-0.3, -0.25) is 9.59 Å². The molecule has 1 heterocycles. The first-order valence-corrected chi connectivity index (χ1v) is 14.1. The van der Waals surface area contributed by atoms with Crippen LogP contribution < -0.4 is 20.3 Å². The number of H-pyrrole nitrogens is 1. The maximum atomic E-state index is 13.3. The summed E-state index contributed by atoms with van der Waals surface area (Å²) >= 11 is 6.44. The van der Waals surface area contributed by atoms with Gasteiger partial charge in [0.2, 0.25) is 0 Å². The number of rotatable bonds is 9. The third-order valence-corrected chi connectivity index (χ3v) is 6.39. The summed E-state index contributed by atoms with van der Waals surface area (Å²) < 4.78 is 83.7. The van der Waals surface area contributed by atoms with E-state index in [4.69, 9.17) is 16.3 Å². The molecular formula is C32H29ClF6N2O4. The van der Waals surface area contributed by atoms with Gasteiger partial charge in [0.15, 0.2) is 0 Å². The highest BCUT2D eigenvalue weighted by atomic mass is 35.5. The fourth-order valence-electron chi connectivity index (χ4n) is 4.09. The van der Waals surface area contributed by atoms with E-state index < -0.39 is 36.2 Å².